The number of para-hydroxylation sites is 2. The van der Waals surface area contributed by atoms with E-state index in [9.17, 15) is 0 Å². The van der Waals surface area contributed by atoms with Gasteiger partial charge >= 0.3 is 0 Å². The van der Waals surface area contributed by atoms with Gasteiger partial charge in [0.25, 0.3) is 0 Å². The van der Waals surface area contributed by atoms with Crippen LogP contribution in [0.25, 0.3) is 21.8 Å². The van der Waals surface area contributed by atoms with Crippen molar-refractivity contribution in [2.24, 2.45) is 0 Å². The molecule has 1 aromatic heterocycles. The molecule has 0 atom stereocenters. The maximum Gasteiger partial charge on any atom is 0.108 e. The third kappa shape index (κ3) is 3.72. The first-order valence-electron chi connectivity index (χ1n) is 9.01. The number of benzene rings is 3. The molecule has 3 nitrogen and oxygen atoms in total. The molecule has 3 aromatic carbocycles. The Balaban J connectivity index is 1.24. The molecule has 0 saturated heterocycles. The Bertz CT molecular complexity index is 933. The number of nitrogens with zero attached hydrogens (tertiary/aromatic N) is 1. The van der Waals surface area contributed by atoms with Crippen LogP contribution < -0.4 is 5.32 Å². The molecule has 4 aromatic rings. The summed E-state index contributed by atoms with van der Waals surface area (Å²) in [7, 11) is 0. The zero-order valence-electron chi connectivity index (χ0n) is 14.3. The van der Waals surface area contributed by atoms with E-state index >= 15 is 0 Å². The molecule has 0 saturated carbocycles. The van der Waals surface area contributed by atoms with Gasteiger partial charge in [0.15, 0.2) is 0 Å². The second-order valence-electron chi connectivity index (χ2n) is 6.44. The molecule has 0 radical (unpaired) electrons. The average molecular weight is 329 g/mol. The van der Waals surface area contributed by atoms with Crippen molar-refractivity contribution in [3.8, 4) is 0 Å². The van der Waals surface area contributed by atoms with Crippen molar-refractivity contribution >= 4 is 21.8 Å². The van der Waals surface area contributed by atoms with E-state index in [1.165, 1.54) is 16.3 Å². The summed E-state index contributed by atoms with van der Waals surface area (Å²) in [4.78, 5) is 8.00. The Morgan fingerprint density at radius 2 is 1.64 bits per heavy atom. The van der Waals surface area contributed by atoms with Crippen LogP contribution in [0.2, 0.25) is 0 Å². The van der Waals surface area contributed by atoms with Gasteiger partial charge in [0, 0.05) is 13.0 Å². The molecule has 126 valence electrons. The first-order valence-corrected chi connectivity index (χ1v) is 9.01. The smallest absolute Gasteiger partial charge is 0.108 e. The van der Waals surface area contributed by atoms with Crippen LogP contribution in [0.3, 0.4) is 0 Å². The van der Waals surface area contributed by atoms with E-state index in [0.717, 1.165) is 49.2 Å². The van der Waals surface area contributed by atoms with Gasteiger partial charge in [0.1, 0.15) is 5.82 Å². The number of nitrogens with one attached hydrogen (secondary N) is 2. The van der Waals surface area contributed by atoms with Gasteiger partial charge in [0.05, 0.1) is 11.0 Å². The van der Waals surface area contributed by atoms with Crippen LogP contribution in [0.15, 0.2) is 66.7 Å². The average Bonchev–Trinajstić information content (AvgIpc) is 3.07. The van der Waals surface area contributed by atoms with E-state index in [1.54, 1.807) is 0 Å². The minimum atomic E-state index is 0.933. The third-order valence-corrected chi connectivity index (χ3v) is 4.66. The SMILES string of the molecule is c1ccc2c(CCCNCCc3nc4ccccc4[nH]3)cccc2c1. The number of aromatic amines is 1. The second kappa shape index (κ2) is 7.49. The van der Waals surface area contributed by atoms with E-state index in [-0.39, 0.29) is 0 Å². The molecule has 0 unspecified atom stereocenters. The minimum Gasteiger partial charge on any atom is -0.342 e. The lowest BCUT2D eigenvalue weighted by molar-refractivity contribution is 0.641. The van der Waals surface area contributed by atoms with Gasteiger partial charge in [-0.15, -0.1) is 0 Å². The molecule has 0 fully saturated rings. The number of hydrogen-bond donors (Lipinski definition) is 2. The number of imidazole rings is 1. The third-order valence-electron chi connectivity index (χ3n) is 4.66. The number of rotatable bonds is 7. The number of aromatic nitrogens is 2. The Morgan fingerprint density at radius 1 is 0.800 bits per heavy atom. The van der Waals surface area contributed by atoms with Crippen molar-refractivity contribution in [3.05, 3.63) is 78.1 Å². The van der Waals surface area contributed by atoms with Crippen LogP contribution in [0.4, 0.5) is 0 Å². The van der Waals surface area contributed by atoms with Crippen molar-refractivity contribution in [1.82, 2.24) is 15.3 Å². The molecule has 0 amide bonds. The van der Waals surface area contributed by atoms with E-state index in [4.69, 9.17) is 0 Å². The van der Waals surface area contributed by atoms with Crippen LogP contribution in [-0.2, 0) is 12.8 Å². The molecule has 0 bridgehead atoms. The molecular weight excluding hydrogens is 306 g/mol. The summed E-state index contributed by atoms with van der Waals surface area (Å²) < 4.78 is 0. The standard InChI is InChI=1S/C22H23N3/c1-2-11-19-17(7-1)8-5-9-18(19)10-6-15-23-16-14-22-24-20-12-3-4-13-21(20)25-22/h1-5,7-9,11-13,23H,6,10,14-16H2,(H,24,25). The summed E-state index contributed by atoms with van der Waals surface area (Å²) in [6.45, 7) is 1.98. The fourth-order valence-electron chi connectivity index (χ4n) is 3.37. The monoisotopic (exact) mass is 329 g/mol. The molecule has 3 heteroatoms. The lowest BCUT2D eigenvalue weighted by atomic mass is 10.0. The molecule has 4 rings (SSSR count). The van der Waals surface area contributed by atoms with Gasteiger partial charge in [-0.2, -0.15) is 0 Å². The van der Waals surface area contributed by atoms with Crippen molar-refractivity contribution in [3.63, 3.8) is 0 Å². The van der Waals surface area contributed by atoms with Crippen molar-refractivity contribution in [1.29, 1.82) is 0 Å². The van der Waals surface area contributed by atoms with Crippen molar-refractivity contribution < 1.29 is 0 Å². The van der Waals surface area contributed by atoms with Crippen molar-refractivity contribution in [2.75, 3.05) is 13.1 Å². The molecule has 0 aliphatic carbocycles. The fourth-order valence-corrected chi connectivity index (χ4v) is 3.37. The zero-order valence-corrected chi connectivity index (χ0v) is 14.3. The topological polar surface area (TPSA) is 40.7 Å². The molecular formula is C22H23N3. The highest BCUT2D eigenvalue weighted by Gasteiger charge is 2.02. The van der Waals surface area contributed by atoms with Crippen LogP contribution in [0.1, 0.15) is 17.8 Å². The Hall–Kier alpha value is -2.65. The summed E-state index contributed by atoms with van der Waals surface area (Å²) in [5, 5.41) is 6.25. The Morgan fingerprint density at radius 3 is 2.60 bits per heavy atom. The van der Waals surface area contributed by atoms with Gasteiger partial charge in [-0.3, -0.25) is 0 Å². The second-order valence-corrected chi connectivity index (χ2v) is 6.44. The Labute approximate surface area is 148 Å². The van der Waals surface area contributed by atoms with Crippen LogP contribution in [0, 0.1) is 0 Å². The van der Waals surface area contributed by atoms with Gasteiger partial charge in [-0.1, -0.05) is 54.6 Å². The Kier molecular flexibility index (Phi) is 4.75. The van der Waals surface area contributed by atoms with Crippen LogP contribution in [0.5, 0.6) is 0 Å². The lowest BCUT2D eigenvalue weighted by Crippen LogP contribution is -2.19. The highest BCUT2D eigenvalue weighted by molar-refractivity contribution is 5.85. The minimum absolute atomic E-state index is 0.933. The molecule has 0 spiro atoms. The number of aryl methyl sites for hydroxylation is 1. The molecule has 2 N–H and O–H groups in total. The van der Waals surface area contributed by atoms with Gasteiger partial charge < -0.3 is 10.3 Å². The maximum absolute atomic E-state index is 4.62. The first-order chi connectivity index (χ1) is 12.4. The van der Waals surface area contributed by atoms with Gasteiger partial charge in [-0.05, 0) is 47.9 Å². The van der Waals surface area contributed by atoms with E-state index in [1.807, 2.05) is 18.2 Å². The predicted molar refractivity (Wildman–Crippen MR) is 105 cm³/mol. The lowest BCUT2D eigenvalue weighted by Gasteiger charge is -2.07. The van der Waals surface area contributed by atoms with E-state index < -0.39 is 0 Å². The summed E-state index contributed by atoms with van der Waals surface area (Å²) >= 11 is 0. The normalized spacial score (nSPS) is 11.4. The predicted octanol–water partition coefficient (Wildman–Crippen LogP) is 4.48. The molecule has 0 aliphatic heterocycles. The largest absolute Gasteiger partial charge is 0.342 e. The number of fused-ring (bicyclic) bond motifs is 2. The number of hydrogen-bond acceptors (Lipinski definition) is 2. The van der Waals surface area contributed by atoms with E-state index in [2.05, 4.69) is 63.8 Å². The van der Waals surface area contributed by atoms with Gasteiger partial charge in [0.2, 0.25) is 0 Å². The number of H-pyrrole nitrogens is 1. The first kappa shape index (κ1) is 15.9. The molecule has 0 aliphatic rings. The summed E-state index contributed by atoms with van der Waals surface area (Å²) in [5.41, 5.74) is 3.61. The quantitative estimate of drug-likeness (QED) is 0.491. The highest BCUT2D eigenvalue weighted by Crippen LogP contribution is 2.19. The fraction of sp³-hybridized carbons (Fsp3) is 0.227. The van der Waals surface area contributed by atoms with Crippen LogP contribution in [-0.4, -0.2) is 23.1 Å². The summed E-state index contributed by atoms with van der Waals surface area (Å²) in [5.74, 6) is 1.06. The molecule has 1 heterocycles. The maximum atomic E-state index is 4.62. The van der Waals surface area contributed by atoms with E-state index in [0.29, 0.717) is 0 Å². The highest BCUT2D eigenvalue weighted by atomic mass is 14.9. The van der Waals surface area contributed by atoms with Crippen molar-refractivity contribution in [2.45, 2.75) is 19.3 Å². The zero-order chi connectivity index (χ0) is 16.9. The molecule has 25 heavy (non-hydrogen) atoms. The van der Waals surface area contributed by atoms with Gasteiger partial charge in [-0.25, -0.2) is 4.98 Å². The van der Waals surface area contributed by atoms with Crippen LogP contribution >= 0.6 is 0 Å². The summed E-state index contributed by atoms with van der Waals surface area (Å²) in [6, 6.07) is 23.4. The summed E-state index contributed by atoms with van der Waals surface area (Å²) in [6.07, 6.45) is 3.19.